The molecule has 3 aliphatic carbocycles. The summed E-state index contributed by atoms with van der Waals surface area (Å²) in [7, 11) is 0. The summed E-state index contributed by atoms with van der Waals surface area (Å²) in [5.41, 5.74) is 2.47. The number of amides is 1. The fourth-order valence-corrected chi connectivity index (χ4v) is 6.79. The SMILES string of the molecule is CC1(C)[C@H]2CC[C@@H](CNC(=O)c3cnc4ccc(N5CCC[C@@H]5c5cccc(F)c5)nn34)[C@H]1C2. The van der Waals surface area contributed by atoms with Gasteiger partial charge in [-0.3, -0.25) is 4.79 Å². The van der Waals surface area contributed by atoms with Gasteiger partial charge in [-0.25, -0.2) is 13.9 Å². The van der Waals surface area contributed by atoms with Gasteiger partial charge in [0.05, 0.1) is 12.2 Å². The number of halogens is 1. The number of carbonyl (C=O) groups is 1. The quantitative estimate of drug-likeness (QED) is 0.580. The normalized spacial score (nSPS) is 27.6. The van der Waals surface area contributed by atoms with Crippen molar-refractivity contribution >= 4 is 17.4 Å². The van der Waals surface area contributed by atoms with Crippen molar-refractivity contribution in [3.05, 3.63) is 59.7 Å². The van der Waals surface area contributed by atoms with E-state index in [0.717, 1.165) is 36.7 Å². The number of hydrogen-bond donors (Lipinski definition) is 1. The molecule has 3 aromatic rings. The molecule has 1 aliphatic heterocycles. The molecule has 4 fully saturated rings. The van der Waals surface area contributed by atoms with E-state index in [9.17, 15) is 9.18 Å². The highest BCUT2D eigenvalue weighted by Crippen LogP contribution is 2.61. The molecule has 6 nitrogen and oxygen atoms in total. The Morgan fingerprint density at radius 3 is 2.88 bits per heavy atom. The smallest absolute Gasteiger partial charge is 0.271 e. The zero-order valence-corrected chi connectivity index (χ0v) is 19.9. The Morgan fingerprint density at radius 1 is 1.21 bits per heavy atom. The van der Waals surface area contributed by atoms with E-state index in [4.69, 9.17) is 5.10 Å². The summed E-state index contributed by atoms with van der Waals surface area (Å²) >= 11 is 0. The van der Waals surface area contributed by atoms with Gasteiger partial charge in [-0.2, -0.15) is 0 Å². The summed E-state index contributed by atoms with van der Waals surface area (Å²) in [4.78, 5) is 19.7. The van der Waals surface area contributed by atoms with E-state index in [1.54, 1.807) is 22.8 Å². The third-order valence-electron chi connectivity index (χ3n) is 8.89. The molecule has 3 saturated carbocycles. The van der Waals surface area contributed by atoms with Crippen LogP contribution < -0.4 is 10.2 Å². The molecule has 1 amide bonds. The third kappa shape index (κ3) is 3.48. The van der Waals surface area contributed by atoms with E-state index in [0.29, 0.717) is 35.1 Å². The van der Waals surface area contributed by atoms with E-state index < -0.39 is 0 Å². The lowest BCUT2D eigenvalue weighted by Gasteiger charge is -2.60. The van der Waals surface area contributed by atoms with Crippen LogP contribution in [0.5, 0.6) is 0 Å². The Morgan fingerprint density at radius 2 is 2.09 bits per heavy atom. The molecule has 4 atom stereocenters. The summed E-state index contributed by atoms with van der Waals surface area (Å²) in [6, 6.07) is 10.7. The monoisotopic (exact) mass is 461 g/mol. The molecule has 2 bridgehead atoms. The van der Waals surface area contributed by atoms with Crippen LogP contribution in [0.2, 0.25) is 0 Å². The third-order valence-corrected chi connectivity index (χ3v) is 8.89. The average Bonchev–Trinajstić information content (AvgIpc) is 3.49. The lowest BCUT2D eigenvalue weighted by Crippen LogP contribution is -2.54. The van der Waals surface area contributed by atoms with Gasteiger partial charge in [0.2, 0.25) is 0 Å². The largest absolute Gasteiger partial charge is 0.350 e. The van der Waals surface area contributed by atoms with Gasteiger partial charge in [-0.1, -0.05) is 26.0 Å². The molecule has 1 N–H and O–H groups in total. The second-order valence-corrected chi connectivity index (χ2v) is 10.9. The van der Waals surface area contributed by atoms with Crippen LogP contribution >= 0.6 is 0 Å². The average molecular weight is 462 g/mol. The Balaban J connectivity index is 1.21. The maximum absolute atomic E-state index is 13.8. The van der Waals surface area contributed by atoms with Crippen LogP contribution in [0.25, 0.3) is 5.65 Å². The van der Waals surface area contributed by atoms with Gasteiger partial charge in [0.25, 0.3) is 5.91 Å². The molecule has 1 saturated heterocycles. The fraction of sp³-hybridized carbons (Fsp3) is 0.519. The minimum atomic E-state index is -0.222. The number of rotatable bonds is 5. The highest BCUT2D eigenvalue weighted by atomic mass is 19.1. The van der Waals surface area contributed by atoms with Crippen molar-refractivity contribution in [3.8, 4) is 0 Å². The van der Waals surface area contributed by atoms with Crippen LogP contribution in [0.4, 0.5) is 10.2 Å². The lowest BCUT2D eigenvalue weighted by molar-refractivity contribution is -0.103. The number of anilines is 1. The number of fused-ring (bicyclic) bond motifs is 3. The molecule has 0 radical (unpaired) electrons. The molecule has 7 heteroatoms. The number of carbonyl (C=O) groups excluding carboxylic acids is 1. The molecule has 0 unspecified atom stereocenters. The molecule has 4 aliphatic rings. The van der Waals surface area contributed by atoms with Gasteiger partial charge in [0, 0.05) is 13.1 Å². The first kappa shape index (κ1) is 21.6. The predicted octanol–water partition coefficient (Wildman–Crippen LogP) is 5.01. The van der Waals surface area contributed by atoms with Crippen molar-refractivity contribution < 1.29 is 9.18 Å². The lowest BCUT2D eigenvalue weighted by atomic mass is 9.45. The minimum Gasteiger partial charge on any atom is -0.350 e. The summed E-state index contributed by atoms with van der Waals surface area (Å²) in [6.07, 6.45) is 7.34. The molecule has 2 aromatic heterocycles. The second-order valence-electron chi connectivity index (χ2n) is 10.9. The number of benzene rings is 1. The highest BCUT2D eigenvalue weighted by molar-refractivity contribution is 5.93. The van der Waals surface area contributed by atoms with Crippen molar-refractivity contribution in [3.63, 3.8) is 0 Å². The maximum atomic E-state index is 13.8. The zero-order valence-electron chi connectivity index (χ0n) is 19.9. The van der Waals surface area contributed by atoms with Crippen molar-refractivity contribution in [1.29, 1.82) is 0 Å². The Hall–Kier alpha value is -2.96. The first-order valence-corrected chi connectivity index (χ1v) is 12.6. The summed E-state index contributed by atoms with van der Waals surface area (Å²) in [5.74, 6) is 2.53. The van der Waals surface area contributed by atoms with Gasteiger partial charge in [0.15, 0.2) is 11.3 Å². The van der Waals surface area contributed by atoms with Gasteiger partial charge in [-0.15, -0.1) is 5.10 Å². The first-order chi connectivity index (χ1) is 16.4. The van der Waals surface area contributed by atoms with Crippen molar-refractivity contribution in [2.24, 2.45) is 23.2 Å². The Labute approximate surface area is 199 Å². The Bertz CT molecular complexity index is 1230. The number of nitrogens with one attached hydrogen (secondary N) is 1. The fourth-order valence-electron chi connectivity index (χ4n) is 6.79. The van der Waals surface area contributed by atoms with Gasteiger partial charge in [0.1, 0.15) is 11.6 Å². The molecular weight excluding hydrogens is 429 g/mol. The van der Waals surface area contributed by atoms with Crippen LogP contribution in [0.15, 0.2) is 42.6 Å². The summed E-state index contributed by atoms with van der Waals surface area (Å²) < 4.78 is 15.5. The van der Waals surface area contributed by atoms with E-state index in [1.807, 2.05) is 18.2 Å². The number of hydrogen-bond acceptors (Lipinski definition) is 4. The van der Waals surface area contributed by atoms with Gasteiger partial charge in [-0.05, 0) is 85.1 Å². The minimum absolute atomic E-state index is 0.0717. The second kappa shape index (κ2) is 8.07. The topological polar surface area (TPSA) is 62.5 Å². The molecule has 1 aromatic carbocycles. The molecule has 178 valence electrons. The highest BCUT2D eigenvalue weighted by Gasteiger charge is 2.53. The molecule has 0 spiro atoms. The molecule has 7 rings (SSSR count). The first-order valence-electron chi connectivity index (χ1n) is 12.6. The van der Waals surface area contributed by atoms with E-state index in [1.165, 1.54) is 25.3 Å². The molecule has 34 heavy (non-hydrogen) atoms. The van der Waals surface area contributed by atoms with Crippen LogP contribution in [0.1, 0.15) is 68.0 Å². The maximum Gasteiger partial charge on any atom is 0.271 e. The summed E-state index contributed by atoms with van der Waals surface area (Å²) in [5, 5.41) is 7.98. The standard InChI is InChI=1S/C27H32FN5O/c1-27(2)19-9-8-18(21(27)14-19)15-30-26(34)23-16-29-24-10-11-25(31-33(23)24)32-12-4-7-22(32)17-5-3-6-20(28)13-17/h3,5-6,10-11,13,16,18-19,21-22H,4,7-9,12,14-15H2,1-2H3,(H,30,34)/t18-,19-,21+,22+/m0/s1. The van der Waals surface area contributed by atoms with E-state index in [2.05, 4.69) is 29.0 Å². The van der Waals surface area contributed by atoms with Crippen LogP contribution in [-0.4, -0.2) is 33.6 Å². The van der Waals surface area contributed by atoms with Crippen molar-refractivity contribution in [1.82, 2.24) is 19.9 Å². The van der Waals surface area contributed by atoms with Crippen LogP contribution in [0, 0.1) is 29.0 Å². The van der Waals surface area contributed by atoms with E-state index >= 15 is 0 Å². The van der Waals surface area contributed by atoms with Crippen LogP contribution in [-0.2, 0) is 0 Å². The van der Waals surface area contributed by atoms with Gasteiger partial charge < -0.3 is 10.2 Å². The summed E-state index contributed by atoms with van der Waals surface area (Å²) in [6.45, 7) is 6.31. The number of nitrogens with zero attached hydrogens (tertiary/aromatic N) is 4. The predicted molar refractivity (Wildman–Crippen MR) is 129 cm³/mol. The van der Waals surface area contributed by atoms with Gasteiger partial charge >= 0.3 is 0 Å². The zero-order chi connectivity index (χ0) is 23.4. The van der Waals surface area contributed by atoms with Crippen molar-refractivity contribution in [2.45, 2.75) is 52.0 Å². The molecule has 3 heterocycles. The number of imidazole rings is 1. The van der Waals surface area contributed by atoms with Crippen LogP contribution in [0.3, 0.4) is 0 Å². The number of aromatic nitrogens is 3. The molecular formula is C27H32FN5O. The Kier molecular flexibility index (Phi) is 5.12. The van der Waals surface area contributed by atoms with E-state index in [-0.39, 0.29) is 17.8 Å². The van der Waals surface area contributed by atoms with Crippen molar-refractivity contribution in [2.75, 3.05) is 18.0 Å².